The Morgan fingerprint density at radius 1 is 1.25 bits per heavy atom. The van der Waals surface area contributed by atoms with Crippen LogP contribution in [0.2, 0.25) is 0 Å². The van der Waals surface area contributed by atoms with Gasteiger partial charge in [0.2, 0.25) is 11.8 Å². The van der Waals surface area contributed by atoms with Crippen molar-refractivity contribution in [3.8, 4) is 5.88 Å². The third-order valence-corrected chi connectivity index (χ3v) is 2.56. The smallest absolute Gasteiger partial charge is 0.242 e. The molecule has 0 aliphatic rings. The predicted molar refractivity (Wildman–Crippen MR) is 75.5 cm³/mol. The number of anilines is 2. The standard InChI is InChI=1S/C13H19N5O2/c1-7(2)19-13-10(14)11(16-6-17-13)18-9(4)12-15-5-8(3)20-12/h5-7,9H,14H2,1-4H3,(H,16,17,18). The molecule has 2 heterocycles. The molecule has 0 saturated heterocycles. The number of aromatic nitrogens is 3. The normalized spacial score (nSPS) is 12.4. The van der Waals surface area contributed by atoms with E-state index in [1.54, 1.807) is 6.20 Å². The van der Waals surface area contributed by atoms with Crippen molar-refractivity contribution >= 4 is 11.5 Å². The van der Waals surface area contributed by atoms with Gasteiger partial charge in [-0.15, -0.1) is 0 Å². The molecule has 2 aromatic heterocycles. The average Bonchev–Trinajstić information content (AvgIpc) is 2.80. The zero-order valence-corrected chi connectivity index (χ0v) is 12.0. The van der Waals surface area contributed by atoms with Gasteiger partial charge in [-0.25, -0.2) is 9.97 Å². The molecule has 0 amide bonds. The first kappa shape index (κ1) is 14.1. The highest BCUT2D eigenvalue weighted by Gasteiger charge is 2.16. The van der Waals surface area contributed by atoms with Crippen LogP contribution in [0.1, 0.15) is 38.5 Å². The fraction of sp³-hybridized carbons (Fsp3) is 0.462. The lowest BCUT2D eigenvalue weighted by molar-refractivity contribution is 0.234. The summed E-state index contributed by atoms with van der Waals surface area (Å²) in [6, 6.07) is -0.159. The maximum Gasteiger partial charge on any atom is 0.242 e. The number of nitrogens with one attached hydrogen (secondary N) is 1. The molecule has 0 aromatic carbocycles. The molecule has 0 saturated carbocycles. The minimum absolute atomic E-state index is 0.00753. The molecule has 2 aromatic rings. The number of ether oxygens (including phenoxy) is 1. The minimum atomic E-state index is -0.159. The van der Waals surface area contributed by atoms with Crippen LogP contribution in [-0.2, 0) is 0 Å². The van der Waals surface area contributed by atoms with E-state index in [1.807, 2.05) is 27.7 Å². The largest absolute Gasteiger partial charge is 0.473 e. The predicted octanol–water partition coefficient (Wildman–Crippen LogP) is 2.32. The number of nitrogens with two attached hydrogens (primary N) is 1. The van der Waals surface area contributed by atoms with Crippen molar-refractivity contribution in [2.75, 3.05) is 11.1 Å². The molecule has 1 atom stereocenters. The lowest BCUT2D eigenvalue weighted by atomic mass is 10.3. The van der Waals surface area contributed by atoms with E-state index in [0.29, 0.717) is 23.3 Å². The topological polar surface area (TPSA) is 99.1 Å². The zero-order chi connectivity index (χ0) is 14.7. The number of rotatable bonds is 5. The number of nitrogens with zero attached hydrogens (tertiary/aromatic N) is 3. The highest BCUT2D eigenvalue weighted by Crippen LogP contribution is 2.28. The Hall–Kier alpha value is -2.31. The molecule has 0 aliphatic carbocycles. The average molecular weight is 277 g/mol. The molecule has 0 aliphatic heterocycles. The van der Waals surface area contributed by atoms with E-state index >= 15 is 0 Å². The molecular weight excluding hydrogens is 258 g/mol. The Morgan fingerprint density at radius 2 is 2.00 bits per heavy atom. The van der Waals surface area contributed by atoms with Crippen LogP contribution >= 0.6 is 0 Å². The van der Waals surface area contributed by atoms with Gasteiger partial charge in [0.25, 0.3) is 0 Å². The summed E-state index contributed by atoms with van der Waals surface area (Å²) < 4.78 is 11.0. The van der Waals surface area contributed by atoms with Gasteiger partial charge in [0.15, 0.2) is 5.82 Å². The second-order valence-electron chi connectivity index (χ2n) is 4.78. The van der Waals surface area contributed by atoms with Gasteiger partial charge < -0.3 is 20.2 Å². The summed E-state index contributed by atoms with van der Waals surface area (Å²) >= 11 is 0. The molecule has 108 valence electrons. The third-order valence-electron chi connectivity index (χ3n) is 2.56. The van der Waals surface area contributed by atoms with Crippen molar-refractivity contribution in [3.63, 3.8) is 0 Å². The van der Waals surface area contributed by atoms with Crippen molar-refractivity contribution < 1.29 is 9.15 Å². The summed E-state index contributed by atoms with van der Waals surface area (Å²) in [5.41, 5.74) is 6.37. The number of oxazole rings is 1. The molecule has 7 heteroatoms. The van der Waals surface area contributed by atoms with Crippen LogP contribution in [0.5, 0.6) is 5.88 Å². The third kappa shape index (κ3) is 3.17. The molecule has 7 nitrogen and oxygen atoms in total. The lowest BCUT2D eigenvalue weighted by Gasteiger charge is -2.15. The Morgan fingerprint density at radius 3 is 2.60 bits per heavy atom. The molecule has 0 radical (unpaired) electrons. The van der Waals surface area contributed by atoms with E-state index in [9.17, 15) is 0 Å². The van der Waals surface area contributed by atoms with E-state index in [1.165, 1.54) is 6.33 Å². The highest BCUT2D eigenvalue weighted by molar-refractivity contribution is 5.66. The molecule has 20 heavy (non-hydrogen) atoms. The number of hydrogen-bond donors (Lipinski definition) is 2. The van der Waals surface area contributed by atoms with Gasteiger partial charge >= 0.3 is 0 Å². The number of aryl methyl sites for hydroxylation is 1. The monoisotopic (exact) mass is 277 g/mol. The summed E-state index contributed by atoms with van der Waals surface area (Å²) in [6.07, 6.45) is 3.07. The lowest BCUT2D eigenvalue weighted by Crippen LogP contribution is -2.14. The van der Waals surface area contributed by atoms with Gasteiger partial charge in [-0.3, -0.25) is 0 Å². The molecule has 1 unspecified atom stereocenters. The molecular formula is C13H19N5O2. The van der Waals surface area contributed by atoms with E-state index < -0.39 is 0 Å². The van der Waals surface area contributed by atoms with E-state index in [2.05, 4.69) is 20.3 Å². The van der Waals surface area contributed by atoms with Gasteiger partial charge in [-0.05, 0) is 27.7 Å². The summed E-state index contributed by atoms with van der Waals surface area (Å²) in [5.74, 6) is 2.20. The summed E-state index contributed by atoms with van der Waals surface area (Å²) in [4.78, 5) is 12.3. The maximum absolute atomic E-state index is 6.00. The van der Waals surface area contributed by atoms with Gasteiger partial charge in [0.05, 0.1) is 12.3 Å². The summed E-state index contributed by atoms with van der Waals surface area (Å²) in [6.45, 7) is 7.58. The van der Waals surface area contributed by atoms with Crippen LogP contribution in [0.25, 0.3) is 0 Å². The first-order valence-electron chi connectivity index (χ1n) is 6.43. The fourth-order valence-corrected chi connectivity index (χ4v) is 1.65. The van der Waals surface area contributed by atoms with Crippen LogP contribution in [-0.4, -0.2) is 21.1 Å². The molecule has 0 spiro atoms. The SMILES string of the molecule is Cc1cnc(C(C)Nc2ncnc(OC(C)C)c2N)o1. The molecule has 2 rings (SSSR count). The molecule has 3 N–H and O–H groups in total. The summed E-state index contributed by atoms with van der Waals surface area (Å²) in [5, 5.41) is 3.14. The van der Waals surface area contributed by atoms with Crippen LogP contribution in [0.4, 0.5) is 11.5 Å². The van der Waals surface area contributed by atoms with Crippen molar-refractivity contribution in [1.82, 2.24) is 15.0 Å². The fourth-order valence-electron chi connectivity index (χ4n) is 1.65. The minimum Gasteiger partial charge on any atom is -0.473 e. The Labute approximate surface area is 117 Å². The van der Waals surface area contributed by atoms with Crippen LogP contribution < -0.4 is 15.8 Å². The van der Waals surface area contributed by atoms with E-state index in [-0.39, 0.29) is 12.1 Å². The maximum atomic E-state index is 6.00. The van der Waals surface area contributed by atoms with Crippen LogP contribution in [0.15, 0.2) is 16.9 Å². The highest BCUT2D eigenvalue weighted by atomic mass is 16.5. The second-order valence-corrected chi connectivity index (χ2v) is 4.78. The van der Waals surface area contributed by atoms with Gasteiger partial charge in [0, 0.05) is 0 Å². The first-order chi connectivity index (χ1) is 9.47. The Kier molecular flexibility index (Phi) is 4.07. The molecule has 0 bridgehead atoms. The van der Waals surface area contributed by atoms with Crippen molar-refractivity contribution in [2.24, 2.45) is 0 Å². The van der Waals surface area contributed by atoms with Crippen LogP contribution in [0.3, 0.4) is 0 Å². The van der Waals surface area contributed by atoms with Gasteiger partial charge in [-0.2, -0.15) is 4.98 Å². The first-order valence-corrected chi connectivity index (χ1v) is 6.43. The van der Waals surface area contributed by atoms with Gasteiger partial charge in [-0.1, -0.05) is 0 Å². The Balaban J connectivity index is 2.17. The van der Waals surface area contributed by atoms with Gasteiger partial charge in [0.1, 0.15) is 23.8 Å². The molecule has 0 fully saturated rings. The summed E-state index contributed by atoms with van der Waals surface area (Å²) in [7, 11) is 0. The Bertz CT molecular complexity index is 582. The second kappa shape index (κ2) is 5.77. The van der Waals surface area contributed by atoms with E-state index in [0.717, 1.165) is 5.76 Å². The van der Waals surface area contributed by atoms with Crippen molar-refractivity contribution in [1.29, 1.82) is 0 Å². The van der Waals surface area contributed by atoms with Crippen molar-refractivity contribution in [3.05, 3.63) is 24.2 Å². The number of nitrogen functional groups attached to an aromatic ring is 1. The quantitative estimate of drug-likeness (QED) is 0.865. The van der Waals surface area contributed by atoms with Crippen LogP contribution in [0, 0.1) is 6.92 Å². The zero-order valence-electron chi connectivity index (χ0n) is 12.0. The van der Waals surface area contributed by atoms with Crippen molar-refractivity contribution in [2.45, 2.75) is 39.8 Å². The van der Waals surface area contributed by atoms with E-state index in [4.69, 9.17) is 14.9 Å². The number of hydrogen-bond acceptors (Lipinski definition) is 7.